The predicted molar refractivity (Wildman–Crippen MR) is 60.0 cm³/mol. The van der Waals surface area contributed by atoms with E-state index in [9.17, 15) is 9.59 Å². The van der Waals surface area contributed by atoms with Gasteiger partial charge in [-0.25, -0.2) is 4.79 Å². The molecule has 1 aliphatic heterocycles. The lowest BCUT2D eigenvalue weighted by Crippen LogP contribution is -2.20. The Balaban J connectivity index is 2.08. The monoisotopic (exact) mass is 232 g/mol. The van der Waals surface area contributed by atoms with Crippen LogP contribution < -0.4 is 0 Å². The number of esters is 2. The fourth-order valence-electron chi connectivity index (χ4n) is 1.65. The van der Waals surface area contributed by atoms with Crippen LogP contribution in [0.5, 0.6) is 0 Å². The summed E-state index contributed by atoms with van der Waals surface area (Å²) in [5.41, 5.74) is 0.884. The lowest BCUT2D eigenvalue weighted by molar-refractivity contribution is -0.156. The van der Waals surface area contributed by atoms with Crippen molar-refractivity contribution in [3.63, 3.8) is 0 Å². The highest BCUT2D eigenvalue weighted by Gasteiger charge is 2.35. The summed E-state index contributed by atoms with van der Waals surface area (Å²) in [5, 5.41) is 0. The highest BCUT2D eigenvalue weighted by molar-refractivity contribution is 5.96. The van der Waals surface area contributed by atoms with Crippen molar-refractivity contribution in [3.8, 4) is 0 Å². The molecule has 4 nitrogen and oxygen atoms in total. The molecule has 1 aliphatic rings. The van der Waals surface area contributed by atoms with Crippen molar-refractivity contribution in [2.75, 3.05) is 0 Å². The second kappa shape index (κ2) is 4.93. The van der Waals surface area contributed by atoms with E-state index in [2.05, 4.69) is 11.3 Å². The second-order valence-electron chi connectivity index (χ2n) is 3.69. The Kier molecular flexibility index (Phi) is 3.35. The summed E-state index contributed by atoms with van der Waals surface area (Å²) < 4.78 is 9.93. The van der Waals surface area contributed by atoms with Gasteiger partial charge in [-0.3, -0.25) is 4.79 Å². The van der Waals surface area contributed by atoms with Crippen molar-refractivity contribution >= 4 is 11.9 Å². The normalized spacial score (nSPS) is 21.1. The maximum atomic E-state index is 11.3. The Morgan fingerprint density at radius 3 is 2.59 bits per heavy atom. The van der Waals surface area contributed by atoms with E-state index in [1.807, 2.05) is 30.3 Å². The predicted octanol–water partition coefficient (Wildman–Crippen LogP) is 1.77. The standard InChI is InChI=1S/C13H12O4/c1-2-10(9-6-4-3-5-7-9)16-11-8-12(14)17-13(11)15/h2-7,10-11H,1,8H2. The van der Waals surface area contributed by atoms with Crippen LogP contribution in [0.2, 0.25) is 0 Å². The van der Waals surface area contributed by atoms with Gasteiger partial charge in [0.05, 0.1) is 6.42 Å². The molecule has 1 aromatic carbocycles. The lowest BCUT2D eigenvalue weighted by Gasteiger charge is -2.16. The number of hydrogen-bond donors (Lipinski definition) is 0. The molecule has 2 atom stereocenters. The first kappa shape index (κ1) is 11.5. The summed E-state index contributed by atoms with van der Waals surface area (Å²) >= 11 is 0. The van der Waals surface area contributed by atoms with E-state index in [4.69, 9.17) is 4.74 Å². The third-order valence-electron chi connectivity index (χ3n) is 2.48. The largest absolute Gasteiger partial charge is 0.391 e. The fraction of sp³-hybridized carbons (Fsp3) is 0.231. The minimum atomic E-state index is -0.828. The van der Waals surface area contributed by atoms with Crippen molar-refractivity contribution in [3.05, 3.63) is 48.6 Å². The van der Waals surface area contributed by atoms with E-state index in [1.165, 1.54) is 0 Å². The van der Waals surface area contributed by atoms with Crippen LogP contribution in [0.4, 0.5) is 0 Å². The van der Waals surface area contributed by atoms with Gasteiger partial charge in [0, 0.05) is 0 Å². The summed E-state index contributed by atoms with van der Waals surface area (Å²) in [6.07, 6.45) is 0.312. The molecular weight excluding hydrogens is 220 g/mol. The molecule has 0 bridgehead atoms. The van der Waals surface area contributed by atoms with Gasteiger partial charge >= 0.3 is 11.9 Å². The molecule has 0 amide bonds. The molecule has 88 valence electrons. The zero-order chi connectivity index (χ0) is 12.3. The topological polar surface area (TPSA) is 52.6 Å². The van der Waals surface area contributed by atoms with Crippen LogP contribution in [-0.4, -0.2) is 18.0 Å². The first-order chi connectivity index (χ1) is 8.20. The molecular formula is C13H12O4. The molecule has 0 saturated carbocycles. The molecule has 1 heterocycles. The first-order valence-electron chi connectivity index (χ1n) is 5.28. The molecule has 4 heteroatoms. The van der Waals surface area contributed by atoms with Crippen LogP contribution in [0.15, 0.2) is 43.0 Å². The van der Waals surface area contributed by atoms with Crippen LogP contribution in [0.1, 0.15) is 18.1 Å². The van der Waals surface area contributed by atoms with Crippen molar-refractivity contribution in [2.24, 2.45) is 0 Å². The first-order valence-corrected chi connectivity index (χ1v) is 5.28. The van der Waals surface area contributed by atoms with Crippen LogP contribution in [-0.2, 0) is 19.1 Å². The number of ether oxygens (including phenoxy) is 2. The zero-order valence-corrected chi connectivity index (χ0v) is 9.17. The van der Waals surface area contributed by atoms with Gasteiger partial charge in [-0.2, -0.15) is 0 Å². The Labute approximate surface area is 98.8 Å². The number of rotatable bonds is 4. The number of benzene rings is 1. The van der Waals surface area contributed by atoms with Crippen LogP contribution in [0.3, 0.4) is 0 Å². The van der Waals surface area contributed by atoms with Crippen LogP contribution in [0, 0.1) is 0 Å². The Bertz CT molecular complexity index is 438. The zero-order valence-electron chi connectivity index (χ0n) is 9.17. The van der Waals surface area contributed by atoms with Gasteiger partial charge in [0.15, 0.2) is 6.10 Å². The van der Waals surface area contributed by atoms with E-state index in [0.29, 0.717) is 0 Å². The summed E-state index contributed by atoms with van der Waals surface area (Å²) in [6.45, 7) is 3.66. The average molecular weight is 232 g/mol. The van der Waals surface area contributed by atoms with E-state index >= 15 is 0 Å². The van der Waals surface area contributed by atoms with E-state index < -0.39 is 24.1 Å². The van der Waals surface area contributed by atoms with Gasteiger partial charge in [0.1, 0.15) is 6.10 Å². The van der Waals surface area contributed by atoms with Crippen LogP contribution >= 0.6 is 0 Å². The van der Waals surface area contributed by atoms with E-state index in [-0.39, 0.29) is 6.42 Å². The molecule has 1 aromatic rings. The molecule has 1 fully saturated rings. The third-order valence-corrected chi connectivity index (χ3v) is 2.48. The molecule has 0 N–H and O–H groups in total. The smallest absolute Gasteiger partial charge is 0.343 e. The Morgan fingerprint density at radius 1 is 1.35 bits per heavy atom. The summed E-state index contributed by atoms with van der Waals surface area (Å²) in [4.78, 5) is 22.2. The van der Waals surface area contributed by atoms with Crippen LogP contribution in [0.25, 0.3) is 0 Å². The van der Waals surface area contributed by atoms with Gasteiger partial charge in [-0.05, 0) is 5.56 Å². The quantitative estimate of drug-likeness (QED) is 0.451. The van der Waals surface area contributed by atoms with Gasteiger partial charge in [0.2, 0.25) is 0 Å². The summed E-state index contributed by atoms with van der Waals surface area (Å²) in [6, 6.07) is 9.36. The molecule has 2 rings (SSSR count). The molecule has 0 aromatic heterocycles. The summed E-state index contributed by atoms with van der Waals surface area (Å²) in [5.74, 6) is -1.17. The van der Waals surface area contributed by atoms with E-state index in [0.717, 1.165) is 5.56 Å². The highest BCUT2D eigenvalue weighted by Crippen LogP contribution is 2.24. The van der Waals surface area contributed by atoms with Gasteiger partial charge in [-0.15, -0.1) is 6.58 Å². The van der Waals surface area contributed by atoms with E-state index in [1.54, 1.807) is 6.08 Å². The molecule has 0 aliphatic carbocycles. The number of hydrogen-bond acceptors (Lipinski definition) is 4. The SMILES string of the molecule is C=CC(OC1CC(=O)OC1=O)c1ccccc1. The maximum absolute atomic E-state index is 11.3. The summed E-state index contributed by atoms with van der Waals surface area (Å²) in [7, 11) is 0. The molecule has 1 saturated heterocycles. The minimum absolute atomic E-state index is 0.0317. The number of carbonyl (C=O) groups excluding carboxylic acids is 2. The molecule has 0 radical (unpaired) electrons. The fourth-order valence-corrected chi connectivity index (χ4v) is 1.65. The molecule has 17 heavy (non-hydrogen) atoms. The Morgan fingerprint density at radius 2 is 2.06 bits per heavy atom. The third kappa shape index (κ3) is 2.60. The maximum Gasteiger partial charge on any atom is 0.343 e. The Hall–Kier alpha value is -1.94. The second-order valence-corrected chi connectivity index (χ2v) is 3.69. The van der Waals surface area contributed by atoms with Crippen molar-refractivity contribution in [1.29, 1.82) is 0 Å². The number of carbonyl (C=O) groups is 2. The van der Waals surface area contributed by atoms with Gasteiger partial charge < -0.3 is 9.47 Å². The molecule has 0 spiro atoms. The van der Waals surface area contributed by atoms with Crippen molar-refractivity contribution in [1.82, 2.24) is 0 Å². The van der Waals surface area contributed by atoms with Gasteiger partial charge in [0.25, 0.3) is 0 Å². The van der Waals surface area contributed by atoms with Crippen molar-refractivity contribution < 1.29 is 19.1 Å². The highest BCUT2D eigenvalue weighted by atomic mass is 16.6. The van der Waals surface area contributed by atoms with Gasteiger partial charge in [-0.1, -0.05) is 36.4 Å². The molecule has 2 unspecified atom stereocenters. The number of cyclic esters (lactones) is 2. The minimum Gasteiger partial charge on any atom is -0.391 e. The van der Waals surface area contributed by atoms with Crippen molar-refractivity contribution in [2.45, 2.75) is 18.6 Å². The lowest BCUT2D eigenvalue weighted by atomic mass is 10.1. The average Bonchev–Trinajstić information content (AvgIpc) is 2.66.